The first kappa shape index (κ1) is 17.1. The molecule has 2 amide bonds. The molecule has 0 aliphatic rings. The summed E-state index contributed by atoms with van der Waals surface area (Å²) in [7, 11) is 9.14. The zero-order valence-electron chi connectivity index (χ0n) is 12.9. The van der Waals surface area contributed by atoms with Crippen molar-refractivity contribution in [3.63, 3.8) is 0 Å². The second-order valence-corrected chi connectivity index (χ2v) is 6.05. The highest BCUT2D eigenvalue weighted by Crippen LogP contribution is 2.14. The van der Waals surface area contributed by atoms with Crippen molar-refractivity contribution in [3.05, 3.63) is 45.8 Å². The Morgan fingerprint density at radius 1 is 1.22 bits per heavy atom. The van der Waals surface area contributed by atoms with Gasteiger partial charge in [0.1, 0.15) is 19.4 Å². The average molecular weight is 373 g/mol. The van der Waals surface area contributed by atoms with E-state index in [1.165, 1.54) is 23.4 Å². The van der Waals surface area contributed by atoms with Crippen LogP contribution >= 0.6 is 15.9 Å². The number of hydrogen-bond acceptors (Lipinski definition) is 4. The first-order chi connectivity index (χ1) is 10.8. The maximum absolute atomic E-state index is 12.3. The Kier molecular flexibility index (Phi) is 5.15. The lowest BCUT2D eigenvalue weighted by Gasteiger charge is -2.13. The smallest absolute Gasteiger partial charge is 0.275 e. The molecule has 0 aromatic carbocycles. The minimum Gasteiger partial charge on any atom is -0.345 e. The van der Waals surface area contributed by atoms with Gasteiger partial charge in [0.05, 0.1) is 5.56 Å². The molecule has 0 unspecified atom stereocenters. The van der Waals surface area contributed by atoms with E-state index >= 15 is 0 Å². The summed E-state index contributed by atoms with van der Waals surface area (Å²) in [5.74, 6) is -0.442. The number of amides is 2. The van der Waals surface area contributed by atoms with Crippen LogP contribution in [0.4, 0.5) is 5.82 Å². The van der Waals surface area contributed by atoms with Crippen LogP contribution in [-0.2, 0) is 0 Å². The molecule has 0 fully saturated rings. The lowest BCUT2D eigenvalue weighted by atomic mass is 9.95. The highest BCUT2D eigenvalue weighted by Gasteiger charge is 2.15. The molecule has 2 aromatic heterocycles. The SMILES string of the molecule is [B]c1cc(C(=O)N(C)C)cnc1NC(=O)c1ncc(Br)cc1C. The highest BCUT2D eigenvalue weighted by atomic mass is 79.9. The molecule has 0 saturated heterocycles. The fraction of sp³-hybridized carbons (Fsp3) is 0.200. The first-order valence-electron chi connectivity index (χ1n) is 6.70. The van der Waals surface area contributed by atoms with Crippen LogP contribution in [0, 0.1) is 6.92 Å². The molecule has 1 N–H and O–H groups in total. The van der Waals surface area contributed by atoms with Crippen LogP contribution in [0.5, 0.6) is 0 Å². The molecule has 8 heteroatoms. The number of pyridine rings is 2. The molecular weight excluding hydrogens is 359 g/mol. The Labute approximate surface area is 143 Å². The van der Waals surface area contributed by atoms with Gasteiger partial charge in [-0.2, -0.15) is 0 Å². The standard InChI is InChI=1S/C15H14BBrN4O2/c1-8-4-10(17)7-18-12(8)14(22)20-13-11(16)5-9(6-19-13)15(23)21(2)3/h4-7H,1-3H3,(H,19,20,22). The van der Waals surface area contributed by atoms with Crippen molar-refractivity contribution in [1.82, 2.24) is 14.9 Å². The minimum atomic E-state index is -0.416. The van der Waals surface area contributed by atoms with Gasteiger partial charge in [0.25, 0.3) is 11.8 Å². The molecule has 0 aliphatic carbocycles. The Bertz CT molecular complexity index is 780. The largest absolute Gasteiger partial charge is 0.345 e. The van der Waals surface area contributed by atoms with Crippen molar-refractivity contribution >= 4 is 46.9 Å². The van der Waals surface area contributed by atoms with Crippen molar-refractivity contribution in [2.45, 2.75) is 6.92 Å². The molecule has 23 heavy (non-hydrogen) atoms. The minimum absolute atomic E-state index is 0.189. The Morgan fingerprint density at radius 3 is 2.48 bits per heavy atom. The molecule has 0 spiro atoms. The normalized spacial score (nSPS) is 10.3. The van der Waals surface area contributed by atoms with Crippen LogP contribution in [-0.4, -0.2) is 48.6 Å². The summed E-state index contributed by atoms with van der Waals surface area (Å²) in [5, 5.41) is 2.60. The van der Waals surface area contributed by atoms with Crippen LogP contribution in [0.2, 0.25) is 0 Å². The van der Waals surface area contributed by atoms with E-state index in [1.807, 2.05) is 0 Å². The van der Waals surface area contributed by atoms with Gasteiger partial charge in [-0.25, -0.2) is 9.97 Å². The number of halogens is 1. The monoisotopic (exact) mass is 372 g/mol. The van der Waals surface area contributed by atoms with Gasteiger partial charge < -0.3 is 10.2 Å². The number of aryl methyl sites for hydroxylation is 1. The molecule has 0 saturated carbocycles. The van der Waals surface area contributed by atoms with Gasteiger partial charge in [-0.15, -0.1) is 0 Å². The molecule has 0 atom stereocenters. The molecule has 2 radical (unpaired) electrons. The number of anilines is 1. The van der Waals surface area contributed by atoms with Gasteiger partial charge in [-0.1, -0.05) is 11.5 Å². The number of nitrogens with one attached hydrogen (secondary N) is 1. The van der Waals surface area contributed by atoms with E-state index in [1.54, 1.807) is 27.1 Å². The van der Waals surface area contributed by atoms with Crippen molar-refractivity contribution in [1.29, 1.82) is 0 Å². The fourth-order valence-electron chi connectivity index (χ4n) is 1.91. The van der Waals surface area contributed by atoms with E-state index in [9.17, 15) is 9.59 Å². The summed E-state index contributed by atoms with van der Waals surface area (Å²) in [6.45, 7) is 1.78. The molecule has 0 bridgehead atoms. The van der Waals surface area contributed by atoms with E-state index in [4.69, 9.17) is 7.85 Å². The number of rotatable bonds is 3. The molecule has 2 aromatic rings. The van der Waals surface area contributed by atoms with E-state index in [0.29, 0.717) is 5.56 Å². The summed E-state index contributed by atoms with van der Waals surface area (Å²) in [4.78, 5) is 33.7. The van der Waals surface area contributed by atoms with Gasteiger partial charge in [-0.3, -0.25) is 9.59 Å². The molecule has 2 rings (SSSR count). The van der Waals surface area contributed by atoms with Gasteiger partial charge in [0.15, 0.2) is 0 Å². The summed E-state index contributed by atoms with van der Waals surface area (Å²) in [5.41, 5.74) is 1.56. The number of hydrogen-bond donors (Lipinski definition) is 1. The number of nitrogens with zero attached hydrogens (tertiary/aromatic N) is 3. The molecule has 2 heterocycles. The van der Waals surface area contributed by atoms with E-state index < -0.39 is 5.91 Å². The summed E-state index contributed by atoms with van der Waals surface area (Å²) in [6.07, 6.45) is 2.91. The van der Waals surface area contributed by atoms with Crippen LogP contribution in [0.15, 0.2) is 29.0 Å². The van der Waals surface area contributed by atoms with Crippen LogP contribution in [0.3, 0.4) is 0 Å². The second kappa shape index (κ2) is 6.91. The van der Waals surface area contributed by atoms with Crippen LogP contribution in [0.25, 0.3) is 0 Å². The third-order valence-corrected chi connectivity index (χ3v) is 3.50. The lowest BCUT2D eigenvalue weighted by molar-refractivity contribution is 0.0827. The third kappa shape index (κ3) is 3.95. The fourth-order valence-corrected chi connectivity index (χ4v) is 2.35. The quantitative estimate of drug-likeness (QED) is 0.824. The highest BCUT2D eigenvalue weighted by molar-refractivity contribution is 9.10. The molecule has 116 valence electrons. The predicted molar refractivity (Wildman–Crippen MR) is 92.3 cm³/mol. The van der Waals surface area contributed by atoms with Crippen molar-refractivity contribution in [3.8, 4) is 0 Å². The lowest BCUT2D eigenvalue weighted by Crippen LogP contribution is -2.26. The second-order valence-electron chi connectivity index (χ2n) is 5.13. The van der Waals surface area contributed by atoms with Gasteiger partial charge in [-0.05, 0) is 34.5 Å². The summed E-state index contributed by atoms with van der Waals surface area (Å²) < 4.78 is 0.788. The Balaban J connectivity index is 2.23. The van der Waals surface area contributed by atoms with Crippen molar-refractivity contribution in [2.75, 3.05) is 19.4 Å². The Hall–Kier alpha value is -2.22. The van der Waals surface area contributed by atoms with E-state index in [0.717, 1.165) is 10.0 Å². The zero-order chi connectivity index (χ0) is 17.1. The third-order valence-electron chi connectivity index (χ3n) is 3.06. The van der Waals surface area contributed by atoms with Gasteiger partial charge in [0.2, 0.25) is 0 Å². The maximum Gasteiger partial charge on any atom is 0.275 e. The Morgan fingerprint density at radius 2 is 1.91 bits per heavy atom. The summed E-state index contributed by atoms with van der Waals surface area (Å²) >= 11 is 3.29. The van der Waals surface area contributed by atoms with Gasteiger partial charge in [0, 0.05) is 31.0 Å². The number of carbonyl (C=O) groups excluding carboxylic acids is 2. The first-order valence-corrected chi connectivity index (χ1v) is 7.49. The molecular formula is C15H14BBrN4O2. The summed E-state index contributed by atoms with van der Waals surface area (Å²) in [6, 6.07) is 3.27. The van der Waals surface area contributed by atoms with Crippen LogP contribution in [0.1, 0.15) is 26.4 Å². The van der Waals surface area contributed by atoms with Crippen LogP contribution < -0.4 is 10.8 Å². The van der Waals surface area contributed by atoms with E-state index in [-0.39, 0.29) is 22.9 Å². The predicted octanol–water partition coefficient (Wildman–Crippen LogP) is 1.30. The molecule has 6 nitrogen and oxygen atoms in total. The number of aromatic nitrogens is 2. The van der Waals surface area contributed by atoms with Gasteiger partial charge >= 0.3 is 0 Å². The number of carbonyl (C=O) groups is 2. The van der Waals surface area contributed by atoms with Crippen molar-refractivity contribution < 1.29 is 9.59 Å². The average Bonchev–Trinajstić information content (AvgIpc) is 2.48. The topological polar surface area (TPSA) is 75.2 Å². The zero-order valence-corrected chi connectivity index (χ0v) is 14.5. The van der Waals surface area contributed by atoms with Crippen molar-refractivity contribution in [2.24, 2.45) is 0 Å². The molecule has 0 aliphatic heterocycles. The van der Waals surface area contributed by atoms with E-state index in [2.05, 4.69) is 31.2 Å². The maximum atomic E-state index is 12.3.